The lowest BCUT2D eigenvalue weighted by atomic mass is 10.1. The Balaban J connectivity index is 1.54. The third-order valence-corrected chi connectivity index (χ3v) is 6.44. The van der Waals surface area contributed by atoms with Crippen LogP contribution >= 0.6 is 39.7 Å². The van der Waals surface area contributed by atoms with Crippen molar-refractivity contribution in [2.24, 2.45) is 0 Å². The molecule has 0 unspecified atom stereocenters. The molecule has 34 heavy (non-hydrogen) atoms. The van der Waals surface area contributed by atoms with Gasteiger partial charge in [0.05, 0.1) is 10.2 Å². The van der Waals surface area contributed by atoms with E-state index < -0.39 is 11.8 Å². The van der Waals surface area contributed by atoms with Crippen molar-refractivity contribution in [1.29, 1.82) is 0 Å². The highest BCUT2D eigenvalue weighted by Gasteiger charge is 2.34. The van der Waals surface area contributed by atoms with Crippen LogP contribution in [0.5, 0.6) is 5.75 Å². The maximum atomic E-state index is 13.2. The Bertz CT molecular complexity index is 1290. The molecule has 1 aliphatic heterocycles. The van der Waals surface area contributed by atoms with E-state index in [1.54, 1.807) is 24.3 Å². The second-order valence-electron chi connectivity index (χ2n) is 7.58. The van der Waals surface area contributed by atoms with E-state index in [9.17, 15) is 9.59 Å². The summed E-state index contributed by atoms with van der Waals surface area (Å²) in [6, 6.07) is 20.3. The van der Waals surface area contributed by atoms with Crippen LogP contribution < -0.4 is 15.0 Å². The lowest BCUT2D eigenvalue weighted by molar-refractivity contribution is -0.122. The Morgan fingerprint density at radius 2 is 1.71 bits per heavy atom. The van der Waals surface area contributed by atoms with Gasteiger partial charge in [-0.25, -0.2) is 0 Å². The number of nitrogens with zero attached hydrogens (tertiary/aromatic N) is 1. The predicted octanol–water partition coefficient (Wildman–Crippen LogP) is 6.08. The van der Waals surface area contributed by atoms with Gasteiger partial charge < -0.3 is 4.74 Å². The molecule has 5 nitrogen and oxygen atoms in total. The Hall–Kier alpha value is -3.00. The minimum absolute atomic E-state index is 0.00472. The molecule has 0 saturated carbocycles. The second-order valence-corrected chi connectivity index (χ2v) is 9.26. The molecule has 0 aliphatic carbocycles. The number of hydrogen-bond acceptors (Lipinski definition) is 4. The zero-order chi connectivity index (χ0) is 24.2. The number of thiocarbonyl (C=S) groups is 1. The number of nitrogens with one attached hydrogen (secondary N) is 1. The number of hydrogen-bond donors (Lipinski definition) is 1. The highest BCUT2D eigenvalue weighted by Crippen LogP contribution is 2.29. The monoisotopic (exact) mass is 554 g/mol. The zero-order valence-electron chi connectivity index (χ0n) is 18.2. The molecule has 172 valence electrons. The summed E-state index contributed by atoms with van der Waals surface area (Å²) in [6.45, 7) is 2.43. The van der Waals surface area contributed by atoms with Gasteiger partial charge in [0.25, 0.3) is 11.8 Å². The number of anilines is 1. The van der Waals surface area contributed by atoms with Crippen molar-refractivity contribution in [3.05, 3.63) is 98.5 Å². The molecule has 8 heteroatoms. The average molecular weight is 556 g/mol. The number of rotatable bonds is 6. The summed E-state index contributed by atoms with van der Waals surface area (Å²) in [5.74, 6) is -0.372. The van der Waals surface area contributed by atoms with E-state index in [1.807, 2.05) is 48.5 Å². The fourth-order valence-electron chi connectivity index (χ4n) is 3.40. The van der Waals surface area contributed by atoms with Gasteiger partial charge in [-0.1, -0.05) is 48.9 Å². The molecule has 0 spiro atoms. The normalized spacial score (nSPS) is 15.0. The fourth-order valence-corrected chi connectivity index (χ4v) is 4.32. The number of ether oxygens (including phenoxy) is 1. The molecule has 0 atom stereocenters. The minimum Gasteiger partial charge on any atom is -0.488 e. The smallest absolute Gasteiger partial charge is 0.270 e. The Kier molecular flexibility index (Phi) is 7.46. The molecule has 0 radical (unpaired) electrons. The van der Waals surface area contributed by atoms with Crippen molar-refractivity contribution in [1.82, 2.24) is 5.32 Å². The first kappa shape index (κ1) is 24.1. The van der Waals surface area contributed by atoms with Crippen LogP contribution in [0.4, 0.5) is 5.69 Å². The van der Waals surface area contributed by atoms with Crippen molar-refractivity contribution < 1.29 is 14.3 Å². The molecular weight excluding hydrogens is 536 g/mol. The van der Waals surface area contributed by atoms with Gasteiger partial charge in [0.2, 0.25) is 0 Å². The van der Waals surface area contributed by atoms with E-state index in [2.05, 4.69) is 28.2 Å². The van der Waals surface area contributed by atoms with E-state index in [-0.39, 0.29) is 10.7 Å². The van der Waals surface area contributed by atoms with Crippen molar-refractivity contribution in [2.45, 2.75) is 20.0 Å². The zero-order valence-corrected chi connectivity index (χ0v) is 21.3. The molecule has 1 saturated heterocycles. The second kappa shape index (κ2) is 10.5. The van der Waals surface area contributed by atoms with Gasteiger partial charge in [-0.05, 0) is 93.7 Å². The summed E-state index contributed by atoms with van der Waals surface area (Å²) in [5.41, 5.74) is 3.38. The van der Waals surface area contributed by atoms with E-state index in [4.69, 9.17) is 28.6 Å². The third kappa shape index (κ3) is 5.38. The molecule has 0 bridgehead atoms. The first-order chi connectivity index (χ1) is 16.4. The summed E-state index contributed by atoms with van der Waals surface area (Å²) < 4.78 is 6.57. The van der Waals surface area contributed by atoms with Crippen LogP contribution in [-0.4, -0.2) is 16.9 Å². The molecule has 2 amide bonds. The van der Waals surface area contributed by atoms with Crippen LogP contribution in [0.15, 0.2) is 76.8 Å². The van der Waals surface area contributed by atoms with Gasteiger partial charge in [0.15, 0.2) is 5.11 Å². The van der Waals surface area contributed by atoms with Crippen molar-refractivity contribution in [3.8, 4) is 5.75 Å². The van der Waals surface area contributed by atoms with Gasteiger partial charge in [0, 0.05) is 5.02 Å². The largest absolute Gasteiger partial charge is 0.488 e. The standard InChI is InChI=1S/C26H20BrClN2O3S/c1-2-16-5-10-20(11-6-16)30-25(32)21(24(31)29-26(30)34)13-18-7-12-23(22(27)14-18)33-15-17-3-8-19(28)9-4-17/h3-14H,2,15H2,1H3,(H,29,31,34)/b21-13+. The van der Waals surface area contributed by atoms with Gasteiger partial charge >= 0.3 is 0 Å². The lowest BCUT2D eigenvalue weighted by Gasteiger charge is -2.29. The molecule has 1 heterocycles. The molecule has 3 aromatic carbocycles. The molecule has 1 N–H and O–H groups in total. The fraction of sp³-hybridized carbons (Fsp3) is 0.115. The minimum atomic E-state index is -0.532. The van der Waals surface area contributed by atoms with Crippen molar-refractivity contribution >= 4 is 68.4 Å². The van der Waals surface area contributed by atoms with Crippen molar-refractivity contribution in [3.63, 3.8) is 0 Å². The molecular formula is C26H20BrClN2O3S. The highest BCUT2D eigenvalue weighted by atomic mass is 79.9. The maximum absolute atomic E-state index is 13.2. The van der Waals surface area contributed by atoms with Gasteiger partial charge in [-0.15, -0.1) is 0 Å². The quantitative estimate of drug-likeness (QED) is 0.228. The highest BCUT2D eigenvalue weighted by molar-refractivity contribution is 9.10. The number of benzene rings is 3. The summed E-state index contributed by atoms with van der Waals surface area (Å²) in [6.07, 6.45) is 2.43. The van der Waals surface area contributed by atoms with Gasteiger partial charge in [0.1, 0.15) is 17.9 Å². The number of carbonyl (C=O) groups is 2. The summed E-state index contributed by atoms with van der Waals surface area (Å²) in [7, 11) is 0. The molecule has 1 fully saturated rings. The molecule has 3 aromatic rings. The topological polar surface area (TPSA) is 58.6 Å². The summed E-state index contributed by atoms with van der Waals surface area (Å²) in [5, 5.41) is 3.34. The number of amides is 2. The summed E-state index contributed by atoms with van der Waals surface area (Å²) in [4.78, 5) is 27.1. The van der Waals surface area contributed by atoms with Crippen LogP contribution in [0.2, 0.25) is 5.02 Å². The van der Waals surface area contributed by atoms with Crippen LogP contribution in [0.3, 0.4) is 0 Å². The molecule has 0 aromatic heterocycles. The van der Waals surface area contributed by atoms with E-state index in [0.29, 0.717) is 33.1 Å². The van der Waals surface area contributed by atoms with Crippen LogP contribution in [0.1, 0.15) is 23.6 Å². The number of carbonyl (C=O) groups excluding carboxylic acids is 2. The average Bonchev–Trinajstić information content (AvgIpc) is 2.82. The van der Waals surface area contributed by atoms with Crippen LogP contribution in [0, 0.1) is 0 Å². The van der Waals surface area contributed by atoms with E-state index in [0.717, 1.165) is 17.5 Å². The Morgan fingerprint density at radius 1 is 1.03 bits per heavy atom. The van der Waals surface area contributed by atoms with Crippen LogP contribution in [0.25, 0.3) is 6.08 Å². The molecule has 4 rings (SSSR count). The Morgan fingerprint density at radius 3 is 2.35 bits per heavy atom. The van der Waals surface area contributed by atoms with E-state index in [1.165, 1.54) is 4.90 Å². The van der Waals surface area contributed by atoms with Crippen LogP contribution in [-0.2, 0) is 22.6 Å². The lowest BCUT2D eigenvalue weighted by Crippen LogP contribution is -2.54. The summed E-state index contributed by atoms with van der Waals surface area (Å²) >= 11 is 14.7. The number of halogens is 2. The first-order valence-corrected chi connectivity index (χ1v) is 12.1. The maximum Gasteiger partial charge on any atom is 0.270 e. The first-order valence-electron chi connectivity index (χ1n) is 10.5. The third-order valence-electron chi connectivity index (χ3n) is 5.28. The van der Waals surface area contributed by atoms with Gasteiger partial charge in [-0.2, -0.15) is 0 Å². The predicted molar refractivity (Wildman–Crippen MR) is 142 cm³/mol. The van der Waals surface area contributed by atoms with E-state index >= 15 is 0 Å². The Labute approximate surface area is 216 Å². The van der Waals surface area contributed by atoms with Gasteiger partial charge in [-0.3, -0.25) is 19.8 Å². The number of aryl methyl sites for hydroxylation is 1. The van der Waals surface area contributed by atoms with Crippen molar-refractivity contribution in [2.75, 3.05) is 4.90 Å². The molecule has 1 aliphatic rings. The SMILES string of the molecule is CCc1ccc(N2C(=O)/C(=C/c3ccc(OCc4ccc(Cl)cc4)c(Br)c3)C(=O)NC2=S)cc1.